The second-order valence-corrected chi connectivity index (χ2v) is 5.70. The van der Waals surface area contributed by atoms with E-state index >= 15 is 0 Å². The van der Waals surface area contributed by atoms with Crippen molar-refractivity contribution in [1.29, 1.82) is 0 Å². The maximum atomic E-state index is 13.4. The molecule has 0 radical (unpaired) electrons. The lowest BCUT2D eigenvalue weighted by atomic mass is 10.1. The number of methoxy groups -OCH3 is 1. The monoisotopic (exact) mass is 278 g/mol. The Hall–Kier alpha value is -1.54. The number of aliphatic hydroxyl groups excluding tert-OH is 1. The smallest absolute Gasteiger partial charge is 0.379 e. The second-order valence-electron chi connectivity index (χ2n) is 3.71. The number of benzene rings is 1. The zero-order valence-electron chi connectivity index (χ0n) is 9.05. The van der Waals surface area contributed by atoms with Gasteiger partial charge >= 0.3 is 11.2 Å². The molecule has 0 bridgehead atoms. The number of hydrogen-bond donors (Lipinski definition) is 1. The first kappa shape index (κ1) is 12.9. The van der Waals surface area contributed by atoms with Gasteiger partial charge in [0, 0.05) is 5.56 Å². The van der Waals surface area contributed by atoms with E-state index in [1.807, 2.05) is 0 Å². The number of halogens is 2. The van der Waals surface area contributed by atoms with Crippen LogP contribution >= 0.6 is 0 Å². The van der Waals surface area contributed by atoms with Crippen LogP contribution in [-0.4, -0.2) is 31.9 Å². The van der Waals surface area contributed by atoms with Crippen LogP contribution in [0.2, 0.25) is 0 Å². The van der Waals surface area contributed by atoms with Crippen molar-refractivity contribution >= 4 is 15.8 Å². The van der Waals surface area contributed by atoms with Crippen molar-refractivity contribution in [3.63, 3.8) is 0 Å². The molecule has 18 heavy (non-hydrogen) atoms. The van der Waals surface area contributed by atoms with Crippen molar-refractivity contribution < 1.29 is 31.8 Å². The van der Waals surface area contributed by atoms with Gasteiger partial charge in [0.05, 0.1) is 17.6 Å². The highest BCUT2D eigenvalue weighted by Crippen LogP contribution is 2.49. The van der Waals surface area contributed by atoms with E-state index in [4.69, 9.17) is 0 Å². The zero-order valence-corrected chi connectivity index (χ0v) is 9.87. The number of ether oxygens (including phenoxy) is 1. The van der Waals surface area contributed by atoms with Gasteiger partial charge in [-0.05, 0) is 18.2 Å². The lowest BCUT2D eigenvalue weighted by Crippen LogP contribution is -2.28. The fraction of sp³-hybridized carbons (Fsp3) is 0.300. The first-order valence-corrected chi connectivity index (χ1v) is 6.24. The number of hydrogen-bond acceptors (Lipinski definition) is 5. The Morgan fingerprint density at radius 3 is 2.61 bits per heavy atom. The molecule has 1 aromatic rings. The molecule has 98 valence electrons. The number of aliphatic hydroxyl groups is 1. The molecule has 2 rings (SSSR count). The largest absolute Gasteiger partial charge is 0.465 e. The van der Waals surface area contributed by atoms with Gasteiger partial charge in [-0.3, -0.25) is 0 Å². The molecule has 1 N–H and O–H groups in total. The SMILES string of the molecule is COC(=O)c1ccc2c(c1)C(O)C(F)(F)S2(=O)=O. The third-order valence-corrected chi connectivity index (χ3v) is 4.58. The van der Waals surface area contributed by atoms with Crippen LogP contribution < -0.4 is 0 Å². The Balaban J connectivity index is 2.66. The van der Waals surface area contributed by atoms with Crippen LogP contribution in [0.3, 0.4) is 0 Å². The summed E-state index contributed by atoms with van der Waals surface area (Å²) in [7, 11) is -3.82. The predicted octanol–water partition coefficient (Wildman–Crippen LogP) is 0.887. The molecule has 1 aromatic carbocycles. The van der Waals surface area contributed by atoms with Crippen LogP contribution in [0.25, 0.3) is 0 Å². The summed E-state index contributed by atoms with van der Waals surface area (Å²) in [5.41, 5.74) is -0.605. The topological polar surface area (TPSA) is 80.7 Å². The predicted molar refractivity (Wildman–Crippen MR) is 54.9 cm³/mol. The van der Waals surface area contributed by atoms with Crippen molar-refractivity contribution in [1.82, 2.24) is 0 Å². The first-order valence-electron chi connectivity index (χ1n) is 4.76. The van der Waals surface area contributed by atoms with E-state index in [1.165, 1.54) is 0 Å². The molecule has 0 amide bonds. The van der Waals surface area contributed by atoms with Gasteiger partial charge in [-0.2, -0.15) is 8.78 Å². The molecule has 0 fully saturated rings. The molecule has 0 aliphatic carbocycles. The number of fused-ring (bicyclic) bond motifs is 1. The summed E-state index contributed by atoms with van der Waals surface area (Å²) in [5, 5.41) is 5.05. The van der Waals surface area contributed by atoms with Crippen LogP contribution in [0.15, 0.2) is 23.1 Å². The molecule has 1 aliphatic heterocycles. The van der Waals surface area contributed by atoms with Crippen molar-refractivity contribution in [2.75, 3.05) is 7.11 Å². The summed E-state index contributed by atoms with van der Waals surface area (Å²) in [6, 6.07) is 2.81. The second kappa shape index (κ2) is 3.72. The zero-order chi connectivity index (χ0) is 13.7. The summed E-state index contributed by atoms with van der Waals surface area (Å²) in [4.78, 5) is 10.5. The summed E-state index contributed by atoms with van der Waals surface area (Å²) in [6.45, 7) is 0. The van der Waals surface area contributed by atoms with Crippen molar-refractivity contribution in [3.8, 4) is 0 Å². The molecule has 1 heterocycles. The maximum Gasteiger partial charge on any atom is 0.379 e. The van der Waals surface area contributed by atoms with Gasteiger partial charge in [0.2, 0.25) is 9.84 Å². The van der Waals surface area contributed by atoms with Gasteiger partial charge in [0.25, 0.3) is 0 Å². The summed E-state index contributed by atoms with van der Waals surface area (Å²) >= 11 is 0. The van der Waals surface area contributed by atoms with Crippen molar-refractivity contribution in [2.45, 2.75) is 16.3 Å². The maximum absolute atomic E-state index is 13.4. The Labute approximate surface area is 101 Å². The number of carbonyl (C=O) groups is 1. The number of rotatable bonds is 1. The molecule has 0 saturated carbocycles. The number of esters is 1. The summed E-state index contributed by atoms with van der Waals surface area (Å²) in [5.74, 6) is -0.808. The quantitative estimate of drug-likeness (QED) is 0.771. The van der Waals surface area contributed by atoms with Crippen LogP contribution in [0.5, 0.6) is 0 Å². The molecule has 0 saturated heterocycles. The van der Waals surface area contributed by atoms with Crippen LogP contribution in [0, 0.1) is 0 Å². The molecule has 1 atom stereocenters. The lowest BCUT2D eigenvalue weighted by Gasteiger charge is -2.12. The number of alkyl halides is 2. The Kier molecular flexibility index (Phi) is 2.67. The molecule has 1 aliphatic rings. The lowest BCUT2D eigenvalue weighted by molar-refractivity contribution is -0.0375. The summed E-state index contributed by atoms with van der Waals surface area (Å²) in [6.07, 6.45) is -2.48. The van der Waals surface area contributed by atoms with Crippen molar-refractivity contribution in [3.05, 3.63) is 29.3 Å². The highest BCUT2D eigenvalue weighted by molar-refractivity contribution is 7.92. The molecule has 0 spiro atoms. The van der Waals surface area contributed by atoms with Crippen LogP contribution in [0.1, 0.15) is 22.0 Å². The number of carbonyl (C=O) groups excluding carboxylic acids is 1. The molecule has 8 heteroatoms. The van der Waals surface area contributed by atoms with Gasteiger partial charge in [-0.1, -0.05) is 0 Å². The third-order valence-electron chi connectivity index (χ3n) is 2.69. The van der Waals surface area contributed by atoms with Gasteiger partial charge < -0.3 is 9.84 Å². The van der Waals surface area contributed by atoms with Crippen LogP contribution in [-0.2, 0) is 14.6 Å². The van der Waals surface area contributed by atoms with E-state index in [9.17, 15) is 27.1 Å². The Bertz CT molecular complexity index is 623. The normalized spacial score (nSPS) is 23.4. The van der Waals surface area contributed by atoms with E-state index in [2.05, 4.69) is 4.74 Å². The van der Waals surface area contributed by atoms with Gasteiger partial charge in [0.15, 0.2) is 6.10 Å². The van der Waals surface area contributed by atoms with Crippen molar-refractivity contribution in [2.24, 2.45) is 0 Å². The van der Waals surface area contributed by atoms with Crippen LogP contribution in [0.4, 0.5) is 8.78 Å². The molecular weight excluding hydrogens is 270 g/mol. The van der Waals surface area contributed by atoms with Gasteiger partial charge in [-0.15, -0.1) is 0 Å². The van der Waals surface area contributed by atoms with E-state index in [-0.39, 0.29) is 5.56 Å². The minimum Gasteiger partial charge on any atom is -0.465 e. The first-order chi connectivity index (χ1) is 8.23. The molecule has 5 nitrogen and oxygen atoms in total. The minimum absolute atomic E-state index is 0.108. The standard InChI is InChI=1S/C10H8F2O5S/c1-17-9(14)5-2-3-7-6(4-5)8(13)10(11,12)18(7,15)16/h2-4,8,13H,1H3. The van der Waals surface area contributed by atoms with E-state index < -0.39 is 37.6 Å². The van der Waals surface area contributed by atoms with Gasteiger partial charge in [-0.25, -0.2) is 13.2 Å². The third kappa shape index (κ3) is 1.45. The molecule has 0 aromatic heterocycles. The minimum atomic E-state index is -4.92. The fourth-order valence-electron chi connectivity index (χ4n) is 1.73. The molecule has 1 unspecified atom stereocenters. The highest BCUT2D eigenvalue weighted by atomic mass is 32.2. The average Bonchev–Trinajstić information content (AvgIpc) is 2.47. The summed E-state index contributed by atoms with van der Waals surface area (Å²) < 4.78 is 54.0. The number of sulfone groups is 1. The van der Waals surface area contributed by atoms with E-state index in [1.54, 1.807) is 0 Å². The molecular formula is C10H8F2O5S. The average molecular weight is 278 g/mol. The van der Waals surface area contributed by atoms with E-state index in [0.717, 1.165) is 25.3 Å². The van der Waals surface area contributed by atoms with E-state index in [0.29, 0.717) is 0 Å². The Morgan fingerprint density at radius 2 is 2.06 bits per heavy atom. The highest BCUT2D eigenvalue weighted by Gasteiger charge is 2.60. The fourth-order valence-corrected chi connectivity index (χ4v) is 3.17. The van der Waals surface area contributed by atoms with Gasteiger partial charge in [0.1, 0.15) is 0 Å². The Morgan fingerprint density at radius 1 is 1.44 bits per heavy atom.